The molecule has 0 unspecified atom stereocenters. The summed E-state index contributed by atoms with van der Waals surface area (Å²) in [6, 6.07) is 4.99. The zero-order valence-electron chi connectivity index (χ0n) is 9.10. The first kappa shape index (κ1) is 12.7. The minimum Gasteiger partial charge on any atom is -0.266 e. The van der Waals surface area contributed by atoms with Crippen LogP contribution in [-0.4, -0.2) is 24.0 Å². The normalized spacial score (nSPS) is 14.0. The van der Waals surface area contributed by atoms with Crippen LogP contribution in [0.5, 0.6) is 0 Å². The summed E-state index contributed by atoms with van der Waals surface area (Å²) in [6.07, 6.45) is 3.41. The van der Waals surface area contributed by atoms with Crippen molar-refractivity contribution in [2.24, 2.45) is 15.3 Å². The SMILES string of the molecule is O=C(NN=Cc1ccc(Cl)cc1Cl)C1=NN=CC1. The largest absolute Gasteiger partial charge is 0.288 e. The average molecular weight is 283 g/mol. The molecule has 0 saturated heterocycles. The van der Waals surface area contributed by atoms with E-state index in [4.69, 9.17) is 23.2 Å². The van der Waals surface area contributed by atoms with E-state index >= 15 is 0 Å². The highest BCUT2D eigenvalue weighted by atomic mass is 35.5. The van der Waals surface area contributed by atoms with Gasteiger partial charge in [0.25, 0.3) is 5.91 Å². The molecule has 0 aliphatic carbocycles. The topological polar surface area (TPSA) is 66.2 Å². The Morgan fingerprint density at radius 2 is 2.28 bits per heavy atom. The van der Waals surface area contributed by atoms with Gasteiger partial charge in [0.1, 0.15) is 5.71 Å². The summed E-state index contributed by atoms with van der Waals surface area (Å²) in [5.74, 6) is -0.381. The van der Waals surface area contributed by atoms with E-state index in [-0.39, 0.29) is 5.91 Å². The number of rotatable bonds is 3. The summed E-state index contributed by atoms with van der Waals surface area (Å²) in [5, 5.41) is 12.0. The van der Waals surface area contributed by atoms with Crippen LogP contribution in [0.15, 0.2) is 33.5 Å². The van der Waals surface area contributed by atoms with Gasteiger partial charge in [0.2, 0.25) is 0 Å². The molecule has 92 valence electrons. The molecule has 1 heterocycles. The fourth-order valence-electron chi connectivity index (χ4n) is 1.25. The summed E-state index contributed by atoms with van der Waals surface area (Å²) >= 11 is 11.7. The Hall–Kier alpha value is -1.72. The predicted molar refractivity (Wildman–Crippen MR) is 72.7 cm³/mol. The first-order chi connectivity index (χ1) is 8.66. The zero-order valence-corrected chi connectivity index (χ0v) is 10.6. The molecule has 18 heavy (non-hydrogen) atoms. The van der Waals surface area contributed by atoms with E-state index in [1.54, 1.807) is 24.4 Å². The van der Waals surface area contributed by atoms with Crippen LogP contribution in [0.1, 0.15) is 12.0 Å². The Labute approximate surface area is 113 Å². The van der Waals surface area contributed by atoms with Gasteiger partial charge in [-0.15, -0.1) is 5.10 Å². The van der Waals surface area contributed by atoms with Crippen LogP contribution in [0.3, 0.4) is 0 Å². The molecule has 2 rings (SSSR count). The molecular weight excluding hydrogens is 275 g/mol. The molecular formula is C11H8Cl2N4O. The van der Waals surface area contributed by atoms with Gasteiger partial charge >= 0.3 is 0 Å². The van der Waals surface area contributed by atoms with Crippen molar-refractivity contribution in [1.82, 2.24) is 5.43 Å². The molecule has 0 atom stereocenters. The quantitative estimate of drug-likeness (QED) is 0.671. The lowest BCUT2D eigenvalue weighted by atomic mass is 10.2. The standard InChI is InChI=1S/C11H8Cl2N4O/c12-8-2-1-7(9(13)5-8)6-15-17-11(18)10-3-4-14-16-10/h1-2,4-6H,3H2,(H,17,18). The lowest BCUT2D eigenvalue weighted by Gasteiger charge is -1.99. The van der Waals surface area contributed by atoms with Gasteiger partial charge in [-0.1, -0.05) is 29.3 Å². The van der Waals surface area contributed by atoms with E-state index in [9.17, 15) is 4.79 Å². The molecule has 7 heteroatoms. The fraction of sp³-hybridized carbons (Fsp3) is 0.0909. The van der Waals surface area contributed by atoms with Crippen molar-refractivity contribution in [3.63, 3.8) is 0 Å². The van der Waals surface area contributed by atoms with Crippen molar-refractivity contribution in [1.29, 1.82) is 0 Å². The molecule has 0 bridgehead atoms. The van der Waals surface area contributed by atoms with Crippen molar-refractivity contribution in [2.75, 3.05) is 0 Å². The van der Waals surface area contributed by atoms with Crippen molar-refractivity contribution in [3.05, 3.63) is 33.8 Å². The summed E-state index contributed by atoms with van der Waals surface area (Å²) in [7, 11) is 0. The first-order valence-electron chi connectivity index (χ1n) is 5.03. The highest BCUT2D eigenvalue weighted by molar-refractivity contribution is 6.41. The van der Waals surface area contributed by atoms with E-state index in [2.05, 4.69) is 20.7 Å². The summed E-state index contributed by atoms with van der Waals surface area (Å²) in [6.45, 7) is 0. The van der Waals surface area contributed by atoms with Crippen molar-refractivity contribution in [3.8, 4) is 0 Å². The predicted octanol–water partition coefficient (Wildman–Crippen LogP) is 2.27. The van der Waals surface area contributed by atoms with Gasteiger partial charge in [-0.3, -0.25) is 4.79 Å². The molecule has 1 N–H and O–H groups in total. The number of halogens is 2. The third-order valence-corrected chi connectivity index (χ3v) is 2.70. The molecule has 0 radical (unpaired) electrons. The Morgan fingerprint density at radius 1 is 1.44 bits per heavy atom. The van der Waals surface area contributed by atoms with Crippen LogP contribution in [0.2, 0.25) is 10.0 Å². The monoisotopic (exact) mass is 282 g/mol. The van der Waals surface area contributed by atoms with Crippen molar-refractivity contribution in [2.45, 2.75) is 6.42 Å². The van der Waals surface area contributed by atoms with Crippen LogP contribution in [0.25, 0.3) is 0 Å². The number of carbonyl (C=O) groups is 1. The zero-order chi connectivity index (χ0) is 13.0. The second-order valence-electron chi connectivity index (χ2n) is 3.41. The van der Waals surface area contributed by atoms with Crippen LogP contribution in [0, 0.1) is 0 Å². The number of hydrogen-bond donors (Lipinski definition) is 1. The average Bonchev–Trinajstić information content (AvgIpc) is 2.85. The Bertz CT molecular complexity index is 566. The van der Waals surface area contributed by atoms with E-state index in [1.165, 1.54) is 6.21 Å². The van der Waals surface area contributed by atoms with E-state index in [0.717, 1.165) is 0 Å². The summed E-state index contributed by atoms with van der Waals surface area (Å²) in [4.78, 5) is 11.5. The minimum atomic E-state index is -0.381. The lowest BCUT2D eigenvalue weighted by molar-refractivity contribution is -0.114. The molecule has 0 fully saturated rings. The molecule has 1 amide bonds. The molecule has 0 aromatic heterocycles. The number of hydrogen-bond acceptors (Lipinski definition) is 4. The number of hydrazone groups is 1. The van der Waals surface area contributed by atoms with Crippen LogP contribution in [-0.2, 0) is 4.79 Å². The lowest BCUT2D eigenvalue weighted by Crippen LogP contribution is -2.26. The Kier molecular flexibility index (Phi) is 4.07. The number of amides is 1. The number of nitrogens with zero attached hydrogens (tertiary/aromatic N) is 3. The van der Waals surface area contributed by atoms with E-state index in [1.807, 2.05) is 0 Å². The third kappa shape index (κ3) is 3.15. The molecule has 1 aromatic carbocycles. The van der Waals surface area contributed by atoms with Crippen molar-refractivity contribution < 1.29 is 4.79 Å². The molecule has 0 spiro atoms. The van der Waals surface area contributed by atoms with Gasteiger partial charge in [-0.2, -0.15) is 10.2 Å². The summed E-state index contributed by atoms with van der Waals surface area (Å²) < 4.78 is 0. The summed E-state index contributed by atoms with van der Waals surface area (Å²) in [5.41, 5.74) is 3.33. The van der Waals surface area contributed by atoms with Gasteiger partial charge in [0.15, 0.2) is 0 Å². The minimum absolute atomic E-state index is 0.328. The Morgan fingerprint density at radius 3 is 2.94 bits per heavy atom. The Balaban J connectivity index is 1.97. The number of carbonyl (C=O) groups excluding carboxylic acids is 1. The van der Waals surface area contributed by atoms with Gasteiger partial charge in [-0.05, 0) is 12.1 Å². The van der Waals surface area contributed by atoms with Gasteiger partial charge in [0.05, 0.1) is 11.2 Å². The molecule has 1 aliphatic heterocycles. The van der Waals surface area contributed by atoms with Crippen molar-refractivity contribution >= 4 is 47.2 Å². The molecule has 1 aromatic rings. The second kappa shape index (κ2) is 5.75. The van der Waals surface area contributed by atoms with E-state index in [0.29, 0.717) is 27.7 Å². The van der Waals surface area contributed by atoms with Gasteiger partial charge in [-0.25, -0.2) is 5.43 Å². The van der Waals surface area contributed by atoms with Gasteiger partial charge in [0, 0.05) is 23.2 Å². The smallest absolute Gasteiger partial charge is 0.266 e. The number of benzene rings is 1. The maximum absolute atomic E-state index is 11.5. The molecule has 5 nitrogen and oxygen atoms in total. The maximum atomic E-state index is 11.5. The molecule has 0 saturated carbocycles. The van der Waals surface area contributed by atoms with E-state index < -0.39 is 0 Å². The highest BCUT2D eigenvalue weighted by Gasteiger charge is 2.12. The maximum Gasteiger partial charge on any atom is 0.288 e. The molecule has 1 aliphatic rings. The fourth-order valence-corrected chi connectivity index (χ4v) is 1.71. The first-order valence-corrected chi connectivity index (χ1v) is 5.79. The highest BCUT2D eigenvalue weighted by Crippen LogP contribution is 2.19. The third-order valence-electron chi connectivity index (χ3n) is 2.14. The van der Waals surface area contributed by atoms with Gasteiger partial charge < -0.3 is 0 Å². The van der Waals surface area contributed by atoms with Crippen LogP contribution < -0.4 is 5.43 Å². The van der Waals surface area contributed by atoms with Crippen LogP contribution in [0.4, 0.5) is 0 Å². The second-order valence-corrected chi connectivity index (χ2v) is 4.26. The number of nitrogens with one attached hydrogen (secondary N) is 1. The van der Waals surface area contributed by atoms with Crippen LogP contribution >= 0.6 is 23.2 Å².